The number of nitro benzene ring substituents is 1. The zero-order valence-corrected chi connectivity index (χ0v) is 67.5. The monoisotopic (exact) mass is 1690 g/mol. The van der Waals surface area contributed by atoms with Crippen LogP contribution in [0.25, 0.3) is 0 Å². The van der Waals surface area contributed by atoms with Gasteiger partial charge in [0.15, 0.2) is 0 Å². The molecule has 1 N–H and O–H groups in total. The summed E-state index contributed by atoms with van der Waals surface area (Å²) in [5.74, 6) is -0.109. The van der Waals surface area contributed by atoms with Crippen LogP contribution >= 0.6 is 39.1 Å². The molecule has 0 aromatic heterocycles. The van der Waals surface area contributed by atoms with Crippen LogP contribution in [0.5, 0.6) is 5.75 Å². The smallest absolute Gasteiger partial charge is 0.410 e. The second kappa shape index (κ2) is 43.9. The van der Waals surface area contributed by atoms with E-state index in [-0.39, 0.29) is 11.4 Å². The Morgan fingerprint density at radius 2 is 0.453 bits per heavy atom. The number of hydrogen-bond acceptors (Lipinski definition) is 25. The van der Waals surface area contributed by atoms with Crippen molar-refractivity contribution in [1.82, 2.24) is 5.32 Å². The fourth-order valence-electron chi connectivity index (χ4n) is 11.6. The summed E-state index contributed by atoms with van der Waals surface area (Å²) < 4.78 is 197. The SMILES string of the molecule is O=C(NCCOC1[C@@H](OP(=O)(OCc2ccccc2)OCc2ccccc2)[C@H](OP(=O)(OCc2ccccc2)OCc2ccccc2)C(OP(=O)(OCc2ccccc2)OCc2ccccc2)[C@H](OP(=O)(OCc2ccccc2)OCc2ccccc2)[C@H]1OP(=O)(OCc1ccccc1)OCc1ccccc1)Oc1ccc([N+](=O)[O-])cc1. The van der Waals surface area contributed by atoms with Gasteiger partial charge in [0.1, 0.15) is 42.4 Å². The molecule has 0 saturated heterocycles. The third-order valence-corrected chi connectivity index (χ3v) is 24.4. The molecule has 0 heterocycles. The van der Waals surface area contributed by atoms with Gasteiger partial charge in [-0.15, -0.1) is 0 Å². The molecule has 0 radical (unpaired) electrons. The van der Waals surface area contributed by atoms with E-state index in [0.29, 0.717) is 55.6 Å². The van der Waals surface area contributed by atoms with E-state index in [2.05, 4.69) is 5.32 Å². The number of phosphoric ester groups is 5. The Bertz CT molecular complexity index is 4620. The Morgan fingerprint density at radius 3 is 0.632 bits per heavy atom. The molecule has 0 bridgehead atoms. The molecule has 1 amide bonds. The van der Waals surface area contributed by atoms with E-state index >= 15 is 22.8 Å². The molecule has 2 unspecified atom stereocenters. The van der Waals surface area contributed by atoms with Crippen LogP contribution in [0.15, 0.2) is 328 Å². The van der Waals surface area contributed by atoms with Gasteiger partial charge in [-0.25, -0.2) is 27.6 Å². The summed E-state index contributed by atoms with van der Waals surface area (Å²) >= 11 is 0. The maximum absolute atomic E-state index is 17.0. The van der Waals surface area contributed by atoms with Crippen LogP contribution in [0, 0.1) is 10.1 Å². The average molecular weight is 1690 g/mol. The Hall–Kier alpha value is -9.40. The van der Waals surface area contributed by atoms with E-state index in [9.17, 15) is 14.9 Å². The molecular weight excluding hydrogens is 1600 g/mol. The van der Waals surface area contributed by atoms with E-state index < -0.39 is 166 Å². The van der Waals surface area contributed by atoms with Crippen molar-refractivity contribution in [3.63, 3.8) is 0 Å². The van der Waals surface area contributed by atoms with Crippen LogP contribution in [0.2, 0.25) is 0 Å². The first-order valence-electron chi connectivity index (χ1n) is 37.0. The summed E-state index contributed by atoms with van der Waals surface area (Å²) in [6.07, 6.45) is -16.0. The number of ether oxygens (including phenoxy) is 2. The number of nitrogens with zero attached hydrogens (tertiary/aromatic N) is 1. The largest absolute Gasteiger partial charge is 0.475 e. The van der Waals surface area contributed by atoms with Gasteiger partial charge >= 0.3 is 45.2 Å². The summed E-state index contributed by atoms with van der Waals surface area (Å²) in [7, 11) is -27.6. The van der Waals surface area contributed by atoms with Gasteiger partial charge < -0.3 is 14.8 Å². The Morgan fingerprint density at radius 1 is 0.274 bits per heavy atom. The van der Waals surface area contributed by atoms with Crippen LogP contribution in [-0.4, -0.2) is 60.8 Å². The lowest BCUT2D eigenvalue weighted by molar-refractivity contribution is -0.384. The zero-order chi connectivity index (χ0) is 81.4. The van der Waals surface area contributed by atoms with Crippen LogP contribution in [0.1, 0.15) is 55.6 Å². The van der Waals surface area contributed by atoms with E-state index in [1.165, 1.54) is 12.1 Å². The van der Waals surface area contributed by atoms with Crippen LogP contribution < -0.4 is 10.1 Å². The lowest BCUT2D eigenvalue weighted by Gasteiger charge is -2.50. The van der Waals surface area contributed by atoms with Crippen molar-refractivity contribution < 1.29 is 110 Å². The maximum Gasteiger partial charge on any atom is 0.475 e. The van der Waals surface area contributed by atoms with Gasteiger partial charge in [0.2, 0.25) is 0 Å². The Kier molecular flexibility index (Phi) is 32.6. The topological polar surface area (TPSA) is 314 Å². The molecule has 11 aromatic carbocycles. The Labute approximate surface area is 677 Å². The fourth-order valence-corrected chi connectivity index (χ4v) is 18.3. The first-order chi connectivity index (χ1) is 56.9. The number of nitrogens with one attached hydrogen (secondary N) is 1. The number of phosphoric acid groups is 5. The predicted molar refractivity (Wildman–Crippen MR) is 432 cm³/mol. The number of non-ortho nitro benzene ring substituents is 1. The molecule has 610 valence electrons. The minimum atomic E-state index is -5.55. The van der Waals surface area contributed by atoms with Gasteiger partial charge in [-0.1, -0.05) is 303 Å². The first-order valence-corrected chi connectivity index (χ1v) is 44.3. The molecule has 32 heteroatoms. The molecule has 1 saturated carbocycles. The zero-order valence-electron chi connectivity index (χ0n) is 63.0. The molecule has 27 nitrogen and oxygen atoms in total. The van der Waals surface area contributed by atoms with E-state index in [4.69, 9.17) is 77.3 Å². The highest BCUT2D eigenvalue weighted by molar-refractivity contribution is 7.49. The highest BCUT2D eigenvalue weighted by Gasteiger charge is 2.64. The molecule has 12 rings (SSSR count). The fraction of sp³-hybridized carbons (Fsp3) is 0.212. The van der Waals surface area contributed by atoms with Gasteiger partial charge in [0.25, 0.3) is 5.69 Å². The minimum absolute atomic E-state index is 0.109. The number of carbonyl (C=O) groups excluding carboxylic acids is 1. The summed E-state index contributed by atoms with van der Waals surface area (Å²) in [5.41, 5.74) is 4.02. The summed E-state index contributed by atoms with van der Waals surface area (Å²) in [4.78, 5) is 25.0. The maximum atomic E-state index is 17.0. The predicted octanol–water partition coefficient (Wildman–Crippen LogP) is 20.7. The lowest BCUT2D eigenvalue weighted by Crippen LogP contribution is -2.67. The highest BCUT2D eigenvalue weighted by Crippen LogP contribution is 2.65. The minimum Gasteiger partial charge on any atom is -0.410 e. The van der Waals surface area contributed by atoms with Crippen LogP contribution in [-0.2, 0) is 161 Å². The number of nitro groups is 1. The summed E-state index contributed by atoms with van der Waals surface area (Å²) in [5, 5.41) is 14.2. The number of carbonyl (C=O) groups is 1. The number of amides is 1. The van der Waals surface area contributed by atoms with Crippen molar-refractivity contribution in [1.29, 1.82) is 0 Å². The molecular formula is C85H85N2O25P5. The van der Waals surface area contributed by atoms with Crippen molar-refractivity contribution >= 4 is 50.9 Å². The van der Waals surface area contributed by atoms with Crippen molar-refractivity contribution in [2.24, 2.45) is 0 Å². The van der Waals surface area contributed by atoms with Crippen LogP contribution in [0.3, 0.4) is 0 Å². The van der Waals surface area contributed by atoms with Crippen molar-refractivity contribution in [2.75, 3.05) is 13.2 Å². The number of rotatable bonds is 46. The quantitative estimate of drug-likeness (QED) is 0.0160. The van der Waals surface area contributed by atoms with Crippen LogP contribution in [0.4, 0.5) is 10.5 Å². The molecule has 1 aliphatic carbocycles. The highest BCUT2D eigenvalue weighted by atomic mass is 31.2. The van der Waals surface area contributed by atoms with E-state index in [1.54, 1.807) is 303 Å². The molecule has 1 fully saturated rings. The second-order valence-corrected chi connectivity index (χ2v) is 34.2. The summed E-state index contributed by atoms with van der Waals surface area (Å²) in [6.45, 7) is -6.58. The Balaban J connectivity index is 1.12. The van der Waals surface area contributed by atoms with Gasteiger partial charge in [0, 0.05) is 18.7 Å². The molecule has 6 atom stereocenters. The standard InChI is InChI=1S/C85H85N2O25P5/c88-85(107-78-53-51-77(52-54-78)87(89)90)86-55-56-96-79-80(108-113(91,97-57-67-31-11-1-12-32-67)98-58-68-33-13-2-14-34-68)82(110-115(93,101-61-71-39-19-5-20-40-71)102-62-72-41-21-6-22-42-72)84(112-117(95,105-65-75-47-27-9-28-48-75)106-66-76-49-29-10-30-50-76)83(111-116(94,103-63-73-43-23-7-24-44-73)104-64-74-45-25-8-26-46-74)81(79)109-114(92,99-59-69-35-15-3-16-36-69)100-60-70-37-17-4-18-38-70/h1-54,79-84H,55-66H2,(H,86,88)/t79?,80-,81+,82+,83-,84?. The number of hydrogen-bond donors (Lipinski definition) is 1. The molecule has 0 spiro atoms. The van der Waals surface area contributed by atoms with Crippen molar-refractivity contribution in [3.05, 3.63) is 393 Å². The second-order valence-electron chi connectivity index (χ2n) is 26.1. The van der Waals surface area contributed by atoms with Gasteiger partial charge in [-0.2, -0.15) is 0 Å². The third kappa shape index (κ3) is 27.9. The molecule has 1 aliphatic rings. The van der Waals surface area contributed by atoms with Gasteiger partial charge in [-0.05, 0) is 67.8 Å². The molecule has 0 aliphatic heterocycles. The average Bonchev–Trinajstić information content (AvgIpc) is 0.736. The van der Waals surface area contributed by atoms with Crippen molar-refractivity contribution in [3.8, 4) is 5.75 Å². The van der Waals surface area contributed by atoms with E-state index in [1.807, 2.05) is 0 Å². The summed E-state index contributed by atoms with van der Waals surface area (Å²) in [6, 6.07) is 89.5. The molecule has 11 aromatic rings. The normalized spacial score (nSPS) is 16.6. The van der Waals surface area contributed by atoms with E-state index in [0.717, 1.165) is 12.1 Å². The molecule has 117 heavy (non-hydrogen) atoms. The third-order valence-electron chi connectivity index (χ3n) is 17.5. The first kappa shape index (κ1) is 86.9. The van der Waals surface area contributed by atoms with Gasteiger partial charge in [-0.3, -0.25) is 78.0 Å². The number of benzene rings is 11. The lowest BCUT2D eigenvalue weighted by atomic mass is 9.85. The van der Waals surface area contributed by atoms with Crippen molar-refractivity contribution in [2.45, 2.75) is 103 Å². The van der Waals surface area contributed by atoms with Gasteiger partial charge in [0.05, 0.1) is 77.6 Å².